The van der Waals surface area contributed by atoms with Crippen LogP contribution >= 0.6 is 11.3 Å². The Morgan fingerprint density at radius 3 is 2.97 bits per heavy atom. The Labute approximate surface area is 173 Å². The van der Waals surface area contributed by atoms with Crippen LogP contribution in [0.2, 0.25) is 0 Å². The Kier molecular flexibility index (Phi) is 4.38. The molecule has 0 N–H and O–H groups in total. The van der Waals surface area contributed by atoms with E-state index in [1.54, 1.807) is 17.7 Å². The molecular formula is C21H24N6OS. The maximum atomic E-state index is 6.03. The van der Waals surface area contributed by atoms with E-state index in [0.717, 1.165) is 46.9 Å². The van der Waals surface area contributed by atoms with Crippen LogP contribution in [-0.2, 0) is 5.41 Å². The smallest absolute Gasteiger partial charge is 0.231 e. The fourth-order valence-electron chi connectivity index (χ4n) is 3.70. The molecule has 0 spiro atoms. The Balaban J connectivity index is 1.26. The molecule has 8 heteroatoms. The van der Waals surface area contributed by atoms with Crippen LogP contribution in [0.3, 0.4) is 0 Å². The van der Waals surface area contributed by atoms with Gasteiger partial charge in [-0.1, -0.05) is 20.8 Å². The third-order valence-corrected chi connectivity index (χ3v) is 6.18. The van der Waals surface area contributed by atoms with E-state index in [0.29, 0.717) is 18.4 Å². The number of aromatic nitrogens is 5. The molecule has 4 aromatic heterocycles. The molecule has 1 atom stereocenters. The van der Waals surface area contributed by atoms with Crippen molar-refractivity contribution >= 4 is 33.0 Å². The van der Waals surface area contributed by atoms with Crippen molar-refractivity contribution in [2.24, 2.45) is 5.92 Å². The molecule has 29 heavy (non-hydrogen) atoms. The molecule has 4 aromatic rings. The van der Waals surface area contributed by atoms with Crippen molar-refractivity contribution in [3.63, 3.8) is 0 Å². The number of nitrogens with zero attached hydrogens (tertiary/aromatic N) is 6. The number of hydrogen-bond acceptors (Lipinski definition) is 7. The fourth-order valence-corrected chi connectivity index (χ4v) is 4.42. The van der Waals surface area contributed by atoms with Crippen LogP contribution in [0.5, 0.6) is 5.88 Å². The maximum absolute atomic E-state index is 6.03. The summed E-state index contributed by atoms with van der Waals surface area (Å²) in [7, 11) is 0. The van der Waals surface area contributed by atoms with Gasteiger partial charge in [0.25, 0.3) is 0 Å². The Morgan fingerprint density at radius 2 is 2.10 bits per heavy atom. The van der Waals surface area contributed by atoms with Gasteiger partial charge in [-0.25, -0.2) is 19.5 Å². The lowest BCUT2D eigenvalue weighted by Gasteiger charge is -2.18. The van der Waals surface area contributed by atoms with E-state index in [-0.39, 0.29) is 5.41 Å². The largest absolute Gasteiger partial charge is 0.476 e. The number of hydrogen-bond donors (Lipinski definition) is 0. The molecule has 0 radical (unpaired) electrons. The van der Waals surface area contributed by atoms with Gasteiger partial charge in [-0.2, -0.15) is 0 Å². The lowest BCUT2D eigenvalue weighted by molar-refractivity contribution is 0.249. The van der Waals surface area contributed by atoms with E-state index in [4.69, 9.17) is 4.74 Å². The first-order valence-electron chi connectivity index (χ1n) is 9.90. The summed E-state index contributed by atoms with van der Waals surface area (Å²) in [5.74, 6) is 2.12. The zero-order valence-corrected chi connectivity index (χ0v) is 17.7. The predicted molar refractivity (Wildman–Crippen MR) is 115 cm³/mol. The van der Waals surface area contributed by atoms with Crippen LogP contribution in [0, 0.1) is 5.92 Å². The fraction of sp³-hybridized carbons (Fsp3) is 0.429. The second kappa shape index (κ2) is 6.95. The van der Waals surface area contributed by atoms with Crippen LogP contribution in [0.15, 0.2) is 36.1 Å². The second-order valence-electron chi connectivity index (χ2n) is 8.60. The zero-order valence-electron chi connectivity index (χ0n) is 16.9. The summed E-state index contributed by atoms with van der Waals surface area (Å²) in [6.07, 6.45) is 4.73. The summed E-state index contributed by atoms with van der Waals surface area (Å²) < 4.78 is 7.84. The topological polar surface area (TPSA) is 68.4 Å². The van der Waals surface area contributed by atoms with Crippen molar-refractivity contribution in [2.45, 2.75) is 32.6 Å². The van der Waals surface area contributed by atoms with Gasteiger partial charge in [0.05, 0.1) is 23.9 Å². The predicted octanol–water partition coefficient (Wildman–Crippen LogP) is 3.94. The summed E-state index contributed by atoms with van der Waals surface area (Å²) >= 11 is 1.65. The average molecular weight is 409 g/mol. The van der Waals surface area contributed by atoms with Gasteiger partial charge < -0.3 is 9.64 Å². The van der Waals surface area contributed by atoms with Crippen molar-refractivity contribution in [1.29, 1.82) is 0 Å². The molecule has 0 aliphatic carbocycles. The minimum Gasteiger partial charge on any atom is -0.476 e. The standard InChI is InChI=1S/C21H24N6OS/c1-21(2,3)16-11-27-17(24-16)4-5-18(25-27)28-12-14-6-8-26(10-14)19-15-7-9-29-20(15)23-13-22-19/h4-5,7,9,11,13-14H,6,8,10,12H2,1-3H3. The quantitative estimate of drug-likeness (QED) is 0.510. The minimum absolute atomic E-state index is 0.00308. The van der Waals surface area contributed by atoms with Crippen molar-refractivity contribution in [2.75, 3.05) is 24.6 Å². The summed E-state index contributed by atoms with van der Waals surface area (Å²) in [6, 6.07) is 5.97. The van der Waals surface area contributed by atoms with Crippen LogP contribution in [0.4, 0.5) is 5.82 Å². The van der Waals surface area contributed by atoms with Crippen LogP contribution in [0.1, 0.15) is 32.9 Å². The van der Waals surface area contributed by atoms with E-state index in [1.807, 2.05) is 22.8 Å². The first kappa shape index (κ1) is 18.3. The summed E-state index contributed by atoms with van der Waals surface area (Å²) in [5.41, 5.74) is 1.87. The number of fused-ring (bicyclic) bond motifs is 2. The third-order valence-electron chi connectivity index (χ3n) is 5.36. The maximum Gasteiger partial charge on any atom is 0.231 e. The van der Waals surface area contributed by atoms with Gasteiger partial charge in [-0.15, -0.1) is 16.4 Å². The molecule has 0 amide bonds. The summed E-state index contributed by atoms with van der Waals surface area (Å²) in [4.78, 5) is 16.9. The lowest BCUT2D eigenvalue weighted by Crippen LogP contribution is -2.23. The number of anilines is 1. The highest BCUT2D eigenvalue weighted by atomic mass is 32.1. The minimum atomic E-state index is -0.00308. The van der Waals surface area contributed by atoms with E-state index in [1.165, 1.54) is 0 Å². The third kappa shape index (κ3) is 3.53. The average Bonchev–Trinajstić information content (AvgIpc) is 3.43. The molecule has 5 heterocycles. The Bertz CT molecular complexity index is 1160. The molecular weight excluding hydrogens is 384 g/mol. The number of ether oxygens (including phenoxy) is 1. The molecule has 1 aliphatic heterocycles. The number of imidazole rings is 1. The SMILES string of the molecule is CC(C)(C)c1cn2nc(OCC3CCN(c4ncnc5sccc45)C3)ccc2n1. The van der Waals surface area contributed by atoms with Gasteiger partial charge >= 0.3 is 0 Å². The summed E-state index contributed by atoms with van der Waals surface area (Å²) in [5, 5.41) is 7.79. The van der Waals surface area contributed by atoms with Crippen LogP contribution in [0.25, 0.3) is 15.9 Å². The Morgan fingerprint density at radius 1 is 1.21 bits per heavy atom. The summed E-state index contributed by atoms with van der Waals surface area (Å²) in [6.45, 7) is 9.02. The highest BCUT2D eigenvalue weighted by Gasteiger charge is 2.26. The molecule has 5 rings (SSSR count). The molecule has 1 saturated heterocycles. The molecule has 0 bridgehead atoms. The van der Waals surface area contributed by atoms with E-state index in [9.17, 15) is 0 Å². The van der Waals surface area contributed by atoms with E-state index in [2.05, 4.69) is 57.2 Å². The van der Waals surface area contributed by atoms with Gasteiger partial charge in [0.15, 0.2) is 5.65 Å². The molecule has 150 valence electrons. The van der Waals surface area contributed by atoms with Gasteiger partial charge in [-0.05, 0) is 23.9 Å². The van der Waals surface area contributed by atoms with Crippen molar-refractivity contribution in [1.82, 2.24) is 24.6 Å². The van der Waals surface area contributed by atoms with Gasteiger partial charge in [-0.3, -0.25) is 0 Å². The van der Waals surface area contributed by atoms with Gasteiger partial charge in [0.2, 0.25) is 5.88 Å². The van der Waals surface area contributed by atoms with E-state index >= 15 is 0 Å². The van der Waals surface area contributed by atoms with Crippen molar-refractivity contribution in [3.05, 3.63) is 41.8 Å². The highest BCUT2D eigenvalue weighted by Crippen LogP contribution is 2.30. The number of rotatable bonds is 4. The number of thiophene rings is 1. The van der Waals surface area contributed by atoms with Gasteiger partial charge in [0.1, 0.15) is 17.0 Å². The lowest BCUT2D eigenvalue weighted by atomic mass is 9.93. The highest BCUT2D eigenvalue weighted by molar-refractivity contribution is 7.16. The van der Waals surface area contributed by atoms with Gasteiger partial charge in [0, 0.05) is 30.5 Å². The molecule has 0 aromatic carbocycles. The first-order chi connectivity index (χ1) is 14.0. The monoisotopic (exact) mass is 408 g/mol. The Hall–Kier alpha value is -2.74. The zero-order chi connectivity index (χ0) is 20.0. The molecule has 1 aliphatic rings. The first-order valence-corrected chi connectivity index (χ1v) is 10.8. The van der Waals surface area contributed by atoms with Crippen molar-refractivity contribution in [3.8, 4) is 5.88 Å². The van der Waals surface area contributed by atoms with Crippen LogP contribution < -0.4 is 9.64 Å². The molecule has 1 unspecified atom stereocenters. The normalized spacial score (nSPS) is 17.5. The molecule has 0 saturated carbocycles. The van der Waals surface area contributed by atoms with E-state index < -0.39 is 0 Å². The van der Waals surface area contributed by atoms with Crippen LogP contribution in [-0.4, -0.2) is 44.3 Å². The van der Waals surface area contributed by atoms with Crippen molar-refractivity contribution < 1.29 is 4.74 Å². The molecule has 7 nitrogen and oxygen atoms in total. The molecule has 1 fully saturated rings. The second-order valence-corrected chi connectivity index (χ2v) is 9.49.